The summed E-state index contributed by atoms with van der Waals surface area (Å²) in [5, 5.41) is 76.2. The molecule has 0 unspecified atom stereocenters. The minimum atomic E-state index is -1.95. The molecule has 0 spiro atoms. The maximum absolute atomic E-state index is 11.8. The van der Waals surface area contributed by atoms with Crippen molar-refractivity contribution in [3.8, 4) is 0 Å². The monoisotopic (exact) mass is 613 g/mol. The molecule has 3 aliphatic rings. The van der Waals surface area contributed by atoms with Gasteiger partial charge in [-0.1, -0.05) is 0 Å². The molecule has 0 aromatic carbocycles. The number of aliphatic hydroxyl groups is 7. The lowest BCUT2D eigenvalue weighted by Gasteiger charge is -2.48. The fourth-order valence-electron chi connectivity index (χ4n) is 4.77. The highest BCUT2D eigenvalue weighted by molar-refractivity contribution is 5.73. The Morgan fingerprint density at radius 3 is 1.74 bits per heavy atom. The molecular weight excluding hydrogens is 574 g/mol. The first kappa shape index (κ1) is 34.4. The number of hydrogen-bond donors (Lipinski definition) is 8. The van der Waals surface area contributed by atoms with E-state index in [1.165, 1.54) is 6.92 Å². The maximum atomic E-state index is 11.8. The van der Waals surface area contributed by atoms with E-state index in [-0.39, 0.29) is 0 Å². The molecule has 3 rings (SSSR count). The van der Waals surface area contributed by atoms with Gasteiger partial charge in [-0.15, -0.1) is 0 Å². The lowest BCUT2D eigenvalue weighted by Crippen LogP contribution is -2.68. The van der Waals surface area contributed by atoms with E-state index in [9.17, 15) is 50.1 Å². The highest BCUT2D eigenvalue weighted by atomic mass is 16.8. The second kappa shape index (κ2) is 14.6. The molecule has 0 aromatic rings. The molecule has 3 fully saturated rings. The van der Waals surface area contributed by atoms with Crippen LogP contribution in [-0.4, -0.2) is 159 Å². The Kier molecular flexibility index (Phi) is 12.0. The van der Waals surface area contributed by atoms with Gasteiger partial charge in [0.1, 0.15) is 80.3 Å². The Morgan fingerprint density at radius 1 is 0.643 bits per heavy atom. The van der Waals surface area contributed by atoms with E-state index in [2.05, 4.69) is 5.32 Å². The zero-order valence-electron chi connectivity index (χ0n) is 23.3. The highest BCUT2D eigenvalue weighted by Gasteiger charge is 2.53. The number of nitrogens with one attached hydrogen (secondary N) is 1. The van der Waals surface area contributed by atoms with E-state index in [1.807, 2.05) is 0 Å². The van der Waals surface area contributed by atoms with E-state index in [0.29, 0.717) is 0 Å². The van der Waals surface area contributed by atoms with Crippen molar-refractivity contribution in [1.82, 2.24) is 5.32 Å². The van der Waals surface area contributed by atoms with E-state index >= 15 is 0 Å². The van der Waals surface area contributed by atoms with Crippen LogP contribution in [0.5, 0.6) is 0 Å². The van der Waals surface area contributed by atoms with Gasteiger partial charge in [0.05, 0.1) is 6.10 Å². The summed E-state index contributed by atoms with van der Waals surface area (Å²) in [6.07, 6.45) is -22.6. The van der Waals surface area contributed by atoms with E-state index in [4.69, 9.17) is 33.2 Å². The number of ether oxygens (including phenoxy) is 7. The zero-order chi connectivity index (χ0) is 31.5. The molecular formula is C24H39NO17. The van der Waals surface area contributed by atoms with Crippen molar-refractivity contribution in [2.75, 3.05) is 13.2 Å². The lowest BCUT2D eigenvalue weighted by atomic mass is 9.95. The number of amides is 1. The molecule has 18 heteroatoms. The fraction of sp³-hybridized carbons (Fsp3) is 0.875. The topological polar surface area (TPSA) is 269 Å². The average Bonchev–Trinajstić information content (AvgIpc) is 2.91. The van der Waals surface area contributed by atoms with Gasteiger partial charge >= 0.3 is 11.9 Å². The standard InChI is InChI=1S/C24H39NO17/c1-7-14(29)17(32)21(22(35)38-7)42-24-19(34)18(33)20(12(40-24)6-37-10(4)28)41-23-13(25-8(2)26)16(31)15(30)11(39-23)5-36-9(3)27/h7,11-24,29-35H,5-6H2,1-4H3,(H,25,26)/t7-,11+,12+,13-,14-,15+,16+,17+,18+,19+,20+,21+,22+,23-,24+/m0/s1. The Labute approximate surface area is 240 Å². The number of aliphatic hydroxyl groups excluding tert-OH is 7. The van der Waals surface area contributed by atoms with E-state index in [1.54, 1.807) is 0 Å². The normalized spacial score (nSPS) is 44.2. The first-order valence-electron chi connectivity index (χ1n) is 13.2. The molecule has 0 saturated carbocycles. The van der Waals surface area contributed by atoms with Crippen LogP contribution in [0.4, 0.5) is 0 Å². The quantitative estimate of drug-likeness (QED) is 0.113. The molecule has 0 aromatic heterocycles. The van der Waals surface area contributed by atoms with Crippen LogP contribution in [0.2, 0.25) is 0 Å². The first-order chi connectivity index (χ1) is 19.6. The number of rotatable bonds is 9. The van der Waals surface area contributed by atoms with Gasteiger partial charge in [-0.05, 0) is 6.92 Å². The fourth-order valence-corrected chi connectivity index (χ4v) is 4.77. The summed E-state index contributed by atoms with van der Waals surface area (Å²) in [5.74, 6) is -2.13. The molecule has 15 atom stereocenters. The number of esters is 2. The maximum Gasteiger partial charge on any atom is 0.302 e. The van der Waals surface area contributed by atoms with Crippen molar-refractivity contribution in [2.45, 2.75) is 120 Å². The van der Waals surface area contributed by atoms with Crippen molar-refractivity contribution < 1.29 is 83.3 Å². The third-order valence-corrected chi connectivity index (χ3v) is 7.00. The Morgan fingerprint density at radius 2 is 1.17 bits per heavy atom. The lowest BCUT2D eigenvalue weighted by molar-refractivity contribution is -0.375. The second-order valence-electron chi connectivity index (χ2n) is 10.3. The smallest absolute Gasteiger partial charge is 0.302 e. The molecule has 18 nitrogen and oxygen atoms in total. The zero-order valence-corrected chi connectivity index (χ0v) is 23.3. The van der Waals surface area contributed by atoms with Crippen LogP contribution < -0.4 is 5.32 Å². The van der Waals surface area contributed by atoms with Crippen molar-refractivity contribution in [3.63, 3.8) is 0 Å². The summed E-state index contributed by atoms with van der Waals surface area (Å²) in [6, 6.07) is -1.44. The van der Waals surface area contributed by atoms with Crippen LogP contribution in [0.3, 0.4) is 0 Å². The van der Waals surface area contributed by atoms with Crippen LogP contribution >= 0.6 is 0 Å². The predicted octanol–water partition coefficient (Wildman–Crippen LogP) is -5.26. The molecule has 3 saturated heterocycles. The second-order valence-corrected chi connectivity index (χ2v) is 10.3. The summed E-state index contributed by atoms with van der Waals surface area (Å²) < 4.78 is 37.7. The van der Waals surface area contributed by atoms with Crippen molar-refractivity contribution in [3.05, 3.63) is 0 Å². The van der Waals surface area contributed by atoms with E-state index in [0.717, 1.165) is 20.8 Å². The van der Waals surface area contributed by atoms with Gasteiger partial charge in [0.25, 0.3) is 0 Å². The molecule has 42 heavy (non-hydrogen) atoms. The molecule has 242 valence electrons. The summed E-state index contributed by atoms with van der Waals surface area (Å²) in [4.78, 5) is 34.7. The van der Waals surface area contributed by atoms with E-state index < -0.39 is 123 Å². The van der Waals surface area contributed by atoms with Crippen molar-refractivity contribution in [1.29, 1.82) is 0 Å². The van der Waals surface area contributed by atoms with Gasteiger partial charge in [0.15, 0.2) is 18.9 Å². The predicted molar refractivity (Wildman–Crippen MR) is 131 cm³/mol. The van der Waals surface area contributed by atoms with Crippen LogP contribution in [0.15, 0.2) is 0 Å². The molecule has 0 aliphatic carbocycles. The van der Waals surface area contributed by atoms with Crippen molar-refractivity contribution in [2.24, 2.45) is 0 Å². The summed E-state index contributed by atoms with van der Waals surface area (Å²) in [6.45, 7) is 3.60. The van der Waals surface area contributed by atoms with Gasteiger partial charge in [0.2, 0.25) is 5.91 Å². The molecule has 0 radical (unpaired) electrons. The van der Waals surface area contributed by atoms with Crippen LogP contribution in [0.1, 0.15) is 27.7 Å². The van der Waals surface area contributed by atoms with Gasteiger partial charge in [-0.2, -0.15) is 0 Å². The summed E-state index contributed by atoms with van der Waals surface area (Å²) >= 11 is 0. The van der Waals surface area contributed by atoms with Crippen LogP contribution in [-0.2, 0) is 47.5 Å². The van der Waals surface area contributed by atoms with Gasteiger partial charge < -0.3 is 74.2 Å². The summed E-state index contributed by atoms with van der Waals surface area (Å²) in [5.41, 5.74) is 0. The van der Waals surface area contributed by atoms with Gasteiger partial charge in [0, 0.05) is 20.8 Å². The number of carbonyl (C=O) groups excluding carboxylic acids is 3. The molecule has 3 heterocycles. The Hall–Kier alpha value is -2.07. The molecule has 3 aliphatic heterocycles. The average molecular weight is 614 g/mol. The van der Waals surface area contributed by atoms with Crippen LogP contribution in [0.25, 0.3) is 0 Å². The minimum absolute atomic E-state index is 0.516. The SMILES string of the molecule is CC(=O)N[C@@H]1[C@H](O[C@H]2[C@H](O)[C@@H](O)[C@@H](O[C@@H]3[C@H](O)[C@@H](O)[C@H](C)O[C@H]3O)O[C@@H]2COC(C)=O)O[C@H](COC(C)=O)[C@@H](O)[C@@H]1O. The number of hydrogen-bond acceptors (Lipinski definition) is 17. The van der Waals surface area contributed by atoms with Gasteiger partial charge in [-0.25, -0.2) is 0 Å². The van der Waals surface area contributed by atoms with Crippen LogP contribution in [0, 0.1) is 0 Å². The van der Waals surface area contributed by atoms with Gasteiger partial charge in [-0.3, -0.25) is 14.4 Å². The molecule has 8 N–H and O–H groups in total. The molecule has 0 bridgehead atoms. The Balaban J connectivity index is 1.85. The third-order valence-electron chi connectivity index (χ3n) is 7.00. The highest BCUT2D eigenvalue weighted by Crippen LogP contribution is 2.32. The third kappa shape index (κ3) is 8.10. The van der Waals surface area contributed by atoms with Crippen molar-refractivity contribution >= 4 is 17.8 Å². The molecule has 1 amide bonds. The minimum Gasteiger partial charge on any atom is -0.463 e. The first-order valence-corrected chi connectivity index (χ1v) is 13.2. The largest absolute Gasteiger partial charge is 0.463 e. The Bertz CT molecular complexity index is 937. The summed E-state index contributed by atoms with van der Waals surface area (Å²) in [7, 11) is 0. The number of carbonyl (C=O) groups is 3.